The summed E-state index contributed by atoms with van der Waals surface area (Å²) in [5.74, 6) is 2.10. The highest BCUT2D eigenvalue weighted by atomic mass is 15.2. The fraction of sp³-hybridized carbons (Fsp3) is 0.706. The van der Waals surface area contributed by atoms with E-state index in [-0.39, 0.29) is 0 Å². The van der Waals surface area contributed by atoms with Gasteiger partial charge in [0, 0.05) is 24.8 Å². The summed E-state index contributed by atoms with van der Waals surface area (Å²) in [5.41, 5.74) is 1.27. The second-order valence-corrected chi connectivity index (χ2v) is 6.41. The van der Waals surface area contributed by atoms with Gasteiger partial charge in [-0.25, -0.2) is 4.98 Å². The first kappa shape index (κ1) is 13.9. The van der Waals surface area contributed by atoms with Crippen LogP contribution in [0.3, 0.4) is 0 Å². The standard InChI is InChI=1S/C17H27N3/c1-13(18-2)15-9-10-17(19-12-15)20-11-5-8-16(20)14-6-3-4-7-14/h9-10,12-14,16,18H,3-8,11H2,1-2H3. The fourth-order valence-corrected chi connectivity index (χ4v) is 3.90. The smallest absolute Gasteiger partial charge is 0.128 e. The summed E-state index contributed by atoms with van der Waals surface area (Å²) in [7, 11) is 2.00. The van der Waals surface area contributed by atoms with Crippen LogP contribution in [0.4, 0.5) is 5.82 Å². The summed E-state index contributed by atoms with van der Waals surface area (Å²) in [6, 6.07) is 5.57. The van der Waals surface area contributed by atoms with Gasteiger partial charge in [0.25, 0.3) is 0 Å². The lowest BCUT2D eigenvalue weighted by Gasteiger charge is -2.30. The lowest BCUT2D eigenvalue weighted by atomic mass is 9.96. The van der Waals surface area contributed by atoms with Crippen molar-refractivity contribution in [1.82, 2.24) is 10.3 Å². The van der Waals surface area contributed by atoms with Crippen molar-refractivity contribution in [3.05, 3.63) is 23.9 Å². The molecule has 1 aromatic heterocycles. The fourth-order valence-electron chi connectivity index (χ4n) is 3.90. The van der Waals surface area contributed by atoms with Crippen LogP contribution in [0.15, 0.2) is 18.3 Å². The Hall–Kier alpha value is -1.09. The normalized spacial score (nSPS) is 25.3. The van der Waals surface area contributed by atoms with Gasteiger partial charge in [-0.2, -0.15) is 0 Å². The number of aromatic nitrogens is 1. The maximum Gasteiger partial charge on any atom is 0.128 e. The molecular weight excluding hydrogens is 246 g/mol. The molecule has 1 N–H and O–H groups in total. The van der Waals surface area contributed by atoms with Crippen molar-refractivity contribution in [2.24, 2.45) is 5.92 Å². The Morgan fingerprint density at radius 3 is 2.65 bits per heavy atom. The molecule has 2 heterocycles. The topological polar surface area (TPSA) is 28.2 Å². The van der Waals surface area contributed by atoms with Gasteiger partial charge >= 0.3 is 0 Å². The molecule has 20 heavy (non-hydrogen) atoms. The SMILES string of the molecule is CNC(C)c1ccc(N2CCCC2C2CCCC2)nc1. The van der Waals surface area contributed by atoms with Gasteiger partial charge in [0.1, 0.15) is 5.82 Å². The van der Waals surface area contributed by atoms with Crippen LogP contribution >= 0.6 is 0 Å². The van der Waals surface area contributed by atoms with E-state index in [0.717, 1.165) is 12.0 Å². The molecule has 2 unspecified atom stereocenters. The first-order valence-electron chi connectivity index (χ1n) is 8.19. The van der Waals surface area contributed by atoms with Gasteiger partial charge in [0.15, 0.2) is 0 Å². The van der Waals surface area contributed by atoms with Crippen molar-refractivity contribution >= 4 is 5.82 Å². The quantitative estimate of drug-likeness (QED) is 0.909. The maximum absolute atomic E-state index is 4.74. The number of hydrogen-bond acceptors (Lipinski definition) is 3. The molecule has 2 fully saturated rings. The zero-order valence-electron chi connectivity index (χ0n) is 12.8. The molecule has 0 radical (unpaired) electrons. The third-order valence-corrected chi connectivity index (χ3v) is 5.24. The Balaban J connectivity index is 1.74. The van der Waals surface area contributed by atoms with Gasteiger partial charge in [0.05, 0.1) is 0 Å². The van der Waals surface area contributed by atoms with Gasteiger partial charge in [-0.15, -0.1) is 0 Å². The Morgan fingerprint density at radius 2 is 2.00 bits per heavy atom. The number of anilines is 1. The average Bonchev–Trinajstić information content (AvgIpc) is 3.16. The third kappa shape index (κ3) is 2.69. The van der Waals surface area contributed by atoms with E-state index >= 15 is 0 Å². The molecule has 0 bridgehead atoms. The first-order valence-corrected chi connectivity index (χ1v) is 8.19. The molecule has 2 atom stereocenters. The first-order chi connectivity index (χ1) is 9.79. The number of hydrogen-bond donors (Lipinski definition) is 1. The molecule has 0 amide bonds. The van der Waals surface area contributed by atoms with Crippen LogP contribution in [0.5, 0.6) is 0 Å². The van der Waals surface area contributed by atoms with Crippen molar-refractivity contribution in [3.63, 3.8) is 0 Å². The molecule has 110 valence electrons. The molecule has 1 aliphatic carbocycles. The second-order valence-electron chi connectivity index (χ2n) is 6.41. The number of nitrogens with one attached hydrogen (secondary N) is 1. The summed E-state index contributed by atoms with van der Waals surface area (Å²) in [5, 5.41) is 3.27. The van der Waals surface area contributed by atoms with Gasteiger partial charge in [0.2, 0.25) is 0 Å². The lowest BCUT2D eigenvalue weighted by Crippen LogP contribution is -2.35. The van der Waals surface area contributed by atoms with Gasteiger partial charge in [-0.05, 0) is 57.2 Å². The minimum atomic E-state index is 0.376. The Morgan fingerprint density at radius 1 is 1.20 bits per heavy atom. The van der Waals surface area contributed by atoms with Gasteiger partial charge in [-0.3, -0.25) is 0 Å². The van der Waals surface area contributed by atoms with E-state index in [0.29, 0.717) is 6.04 Å². The summed E-state index contributed by atoms with van der Waals surface area (Å²) in [4.78, 5) is 7.31. The summed E-state index contributed by atoms with van der Waals surface area (Å²) in [6.45, 7) is 3.36. The van der Waals surface area contributed by atoms with Crippen molar-refractivity contribution in [2.45, 2.75) is 57.5 Å². The van der Waals surface area contributed by atoms with E-state index in [2.05, 4.69) is 29.3 Å². The van der Waals surface area contributed by atoms with E-state index in [4.69, 9.17) is 4.98 Å². The van der Waals surface area contributed by atoms with E-state index in [1.165, 1.54) is 56.5 Å². The minimum absolute atomic E-state index is 0.376. The Kier molecular flexibility index (Phi) is 4.25. The van der Waals surface area contributed by atoms with Crippen LogP contribution in [0, 0.1) is 5.92 Å². The van der Waals surface area contributed by atoms with Crippen molar-refractivity contribution in [3.8, 4) is 0 Å². The second kappa shape index (κ2) is 6.13. The highest BCUT2D eigenvalue weighted by Gasteiger charge is 2.33. The monoisotopic (exact) mass is 273 g/mol. The summed E-state index contributed by atoms with van der Waals surface area (Å²) >= 11 is 0. The van der Waals surface area contributed by atoms with Crippen LogP contribution < -0.4 is 10.2 Å². The number of nitrogens with zero attached hydrogens (tertiary/aromatic N) is 2. The molecule has 3 rings (SSSR count). The Labute approximate surface area is 122 Å². The van der Waals surface area contributed by atoms with E-state index in [9.17, 15) is 0 Å². The zero-order valence-corrected chi connectivity index (χ0v) is 12.8. The zero-order chi connectivity index (χ0) is 13.9. The largest absolute Gasteiger partial charge is 0.353 e. The number of rotatable bonds is 4. The predicted molar refractivity (Wildman–Crippen MR) is 84.0 cm³/mol. The Bertz CT molecular complexity index is 422. The van der Waals surface area contributed by atoms with Crippen LogP contribution in [0.1, 0.15) is 57.1 Å². The van der Waals surface area contributed by atoms with Crippen molar-refractivity contribution in [1.29, 1.82) is 0 Å². The highest BCUT2D eigenvalue weighted by molar-refractivity contribution is 5.42. The molecule has 1 saturated heterocycles. The molecule has 1 aliphatic heterocycles. The van der Waals surface area contributed by atoms with Crippen LogP contribution in [0.2, 0.25) is 0 Å². The molecule has 0 spiro atoms. The minimum Gasteiger partial charge on any atom is -0.353 e. The van der Waals surface area contributed by atoms with Crippen molar-refractivity contribution in [2.75, 3.05) is 18.5 Å². The van der Waals surface area contributed by atoms with E-state index in [1.54, 1.807) is 0 Å². The predicted octanol–water partition coefficient (Wildman–Crippen LogP) is 3.52. The average molecular weight is 273 g/mol. The van der Waals surface area contributed by atoms with Crippen LogP contribution in [-0.4, -0.2) is 24.6 Å². The lowest BCUT2D eigenvalue weighted by molar-refractivity contribution is 0.429. The molecule has 1 saturated carbocycles. The molecule has 2 aliphatic rings. The van der Waals surface area contributed by atoms with E-state index < -0.39 is 0 Å². The summed E-state index contributed by atoms with van der Waals surface area (Å²) < 4.78 is 0. The van der Waals surface area contributed by atoms with Gasteiger partial charge in [-0.1, -0.05) is 18.9 Å². The molecule has 1 aromatic rings. The molecular formula is C17H27N3. The molecule has 3 nitrogen and oxygen atoms in total. The third-order valence-electron chi connectivity index (χ3n) is 5.24. The molecule has 3 heteroatoms. The van der Waals surface area contributed by atoms with Crippen molar-refractivity contribution < 1.29 is 0 Å². The number of pyridine rings is 1. The highest BCUT2D eigenvalue weighted by Crippen LogP contribution is 2.37. The summed E-state index contributed by atoms with van der Waals surface area (Å²) in [6.07, 6.45) is 10.5. The van der Waals surface area contributed by atoms with Crippen LogP contribution in [-0.2, 0) is 0 Å². The van der Waals surface area contributed by atoms with Gasteiger partial charge < -0.3 is 10.2 Å². The van der Waals surface area contributed by atoms with Crippen LogP contribution in [0.25, 0.3) is 0 Å². The maximum atomic E-state index is 4.74. The molecule has 0 aromatic carbocycles. The van der Waals surface area contributed by atoms with E-state index in [1.807, 2.05) is 13.2 Å².